The molecule has 1 aliphatic rings. The number of hydrogen-bond donors (Lipinski definition) is 1. The summed E-state index contributed by atoms with van der Waals surface area (Å²) in [5, 5.41) is 3.30. The molecule has 1 unspecified atom stereocenters. The van der Waals surface area contributed by atoms with Gasteiger partial charge in [0.25, 0.3) is 0 Å². The van der Waals surface area contributed by atoms with E-state index in [4.69, 9.17) is 0 Å². The molecule has 0 radical (unpaired) electrons. The number of carbonyl (C=O) groups excluding carboxylic acids is 1. The first-order valence-corrected chi connectivity index (χ1v) is 5.99. The molecule has 4 heteroatoms. The van der Waals surface area contributed by atoms with Crippen LogP contribution in [0.5, 0.6) is 0 Å². The van der Waals surface area contributed by atoms with Crippen LogP contribution >= 0.6 is 0 Å². The summed E-state index contributed by atoms with van der Waals surface area (Å²) in [6, 6.07) is -0.0519. The quantitative estimate of drug-likeness (QED) is 0.758. The molecule has 0 aliphatic carbocycles. The minimum Gasteiger partial charge on any atom is -0.339 e. The number of likely N-dealkylation sites (N-methyl/N-ethyl adjacent to an activating group) is 1. The van der Waals surface area contributed by atoms with E-state index in [2.05, 4.69) is 24.1 Å². The third kappa shape index (κ3) is 3.76. The minimum atomic E-state index is -0.0519. The van der Waals surface area contributed by atoms with Gasteiger partial charge in [0.2, 0.25) is 5.91 Å². The van der Waals surface area contributed by atoms with Gasteiger partial charge in [-0.2, -0.15) is 0 Å². The Hall–Kier alpha value is -0.610. The maximum Gasteiger partial charge on any atom is 0.239 e. The highest BCUT2D eigenvalue weighted by Crippen LogP contribution is 2.19. The summed E-state index contributed by atoms with van der Waals surface area (Å²) < 4.78 is 0. The molecule has 1 amide bonds. The topological polar surface area (TPSA) is 35.6 Å². The predicted molar refractivity (Wildman–Crippen MR) is 66.4 cm³/mol. The SMILES string of the molecule is CC1NCC(C)(C)CN(CCN(C)C)C1=O. The van der Waals surface area contributed by atoms with Gasteiger partial charge in [-0.3, -0.25) is 4.79 Å². The van der Waals surface area contributed by atoms with E-state index >= 15 is 0 Å². The lowest BCUT2D eigenvalue weighted by Crippen LogP contribution is -2.44. The zero-order valence-electron chi connectivity index (χ0n) is 11.2. The average molecular weight is 227 g/mol. The summed E-state index contributed by atoms with van der Waals surface area (Å²) in [4.78, 5) is 16.2. The molecule has 16 heavy (non-hydrogen) atoms. The summed E-state index contributed by atoms with van der Waals surface area (Å²) in [5.41, 5.74) is 0.159. The zero-order chi connectivity index (χ0) is 12.3. The maximum atomic E-state index is 12.1. The molecule has 0 aromatic heterocycles. The van der Waals surface area contributed by atoms with E-state index in [0.717, 1.165) is 26.2 Å². The normalized spacial score (nSPS) is 26.0. The van der Waals surface area contributed by atoms with Crippen molar-refractivity contribution in [2.75, 3.05) is 40.3 Å². The fourth-order valence-electron chi connectivity index (χ4n) is 1.95. The number of carbonyl (C=O) groups is 1. The van der Waals surface area contributed by atoms with E-state index in [-0.39, 0.29) is 17.4 Å². The van der Waals surface area contributed by atoms with E-state index in [1.807, 2.05) is 25.9 Å². The second-order valence-corrected chi connectivity index (χ2v) is 5.83. The van der Waals surface area contributed by atoms with E-state index in [9.17, 15) is 4.79 Å². The molecule has 0 aromatic rings. The van der Waals surface area contributed by atoms with Gasteiger partial charge in [-0.05, 0) is 26.4 Å². The van der Waals surface area contributed by atoms with E-state index in [0.29, 0.717) is 0 Å². The van der Waals surface area contributed by atoms with Gasteiger partial charge in [0.05, 0.1) is 6.04 Å². The van der Waals surface area contributed by atoms with Gasteiger partial charge >= 0.3 is 0 Å². The van der Waals surface area contributed by atoms with Crippen molar-refractivity contribution < 1.29 is 4.79 Å². The number of rotatable bonds is 3. The largest absolute Gasteiger partial charge is 0.339 e. The monoisotopic (exact) mass is 227 g/mol. The third-order valence-corrected chi connectivity index (χ3v) is 3.00. The first-order chi connectivity index (χ1) is 7.32. The third-order valence-electron chi connectivity index (χ3n) is 3.00. The Morgan fingerprint density at radius 2 is 2.12 bits per heavy atom. The smallest absolute Gasteiger partial charge is 0.239 e. The van der Waals surface area contributed by atoms with Gasteiger partial charge in [0.15, 0.2) is 0 Å². The second kappa shape index (κ2) is 5.15. The van der Waals surface area contributed by atoms with E-state index in [1.54, 1.807) is 0 Å². The van der Waals surface area contributed by atoms with Gasteiger partial charge in [-0.25, -0.2) is 0 Å². The summed E-state index contributed by atoms with van der Waals surface area (Å²) in [6.45, 7) is 9.85. The lowest BCUT2D eigenvalue weighted by molar-refractivity contribution is -0.133. The van der Waals surface area contributed by atoms with Crippen LogP contribution < -0.4 is 5.32 Å². The molecule has 1 heterocycles. The van der Waals surface area contributed by atoms with Gasteiger partial charge in [-0.1, -0.05) is 13.8 Å². The summed E-state index contributed by atoms with van der Waals surface area (Å²) in [7, 11) is 4.07. The van der Waals surface area contributed by atoms with Crippen LogP contribution in [0.25, 0.3) is 0 Å². The Balaban J connectivity index is 2.66. The van der Waals surface area contributed by atoms with Crippen molar-refractivity contribution in [2.45, 2.75) is 26.8 Å². The maximum absolute atomic E-state index is 12.1. The van der Waals surface area contributed by atoms with Crippen LogP contribution in [0.15, 0.2) is 0 Å². The van der Waals surface area contributed by atoms with Crippen LogP contribution in [-0.2, 0) is 4.79 Å². The van der Waals surface area contributed by atoms with Crippen molar-refractivity contribution in [3.8, 4) is 0 Å². The van der Waals surface area contributed by atoms with E-state index in [1.165, 1.54) is 0 Å². The molecular weight excluding hydrogens is 202 g/mol. The number of nitrogens with one attached hydrogen (secondary N) is 1. The van der Waals surface area contributed by atoms with Crippen molar-refractivity contribution in [3.05, 3.63) is 0 Å². The Kier molecular flexibility index (Phi) is 4.33. The van der Waals surface area contributed by atoms with Crippen LogP contribution in [0.2, 0.25) is 0 Å². The molecule has 0 saturated carbocycles. The first-order valence-electron chi connectivity index (χ1n) is 5.99. The summed E-state index contributed by atoms with van der Waals surface area (Å²) >= 11 is 0. The van der Waals surface area contributed by atoms with Crippen molar-refractivity contribution in [1.82, 2.24) is 15.1 Å². The Morgan fingerprint density at radius 1 is 1.50 bits per heavy atom. The molecule has 0 aromatic carbocycles. The lowest BCUT2D eigenvalue weighted by atomic mass is 9.93. The van der Waals surface area contributed by atoms with Gasteiger partial charge in [0, 0.05) is 26.2 Å². The predicted octanol–water partition coefficient (Wildman–Crippen LogP) is 0.395. The molecule has 4 nitrogen and oxygen atoms in total. The highest BCUT2D eigenvalue weighted by molar-refractivity contribution is 5.81. The van der Waals surface area contributed by atoms with Crippen LogP contribution in [0, 0.1) is 5.41 Å². The van der Waals surface area contributed by atoms with Crippen LogP contribution in [-0.4, -0.2) is 62.0 Å². The average Bonchev–Trinajstić information content (AvgIpc) is 2.27. The van der Waals surface area contributed by atoms with Gasteiger partial charge < -0.3 is 15.1 Å². The Bertz CT molecular complexity index is 251. The fourth-order valence-corrected chi connectivity index (χ4v) is 1.95. The van der Waals surface area contributed by atoms with E-state index < -0.39 is 0 Å². The molecule has 1 N–H and O–H groups in total. The van der Waals surface area contributed by atoms with Gasteiger partial charge in [-0.15, -0.1) is 0 Å². The molecule has 1 atom stereocenters. The standard InChI is InChI=1S/C12H25N3O/c1-10-11(16)15(7-6-14(4)5)9-12(2,3)8-13-10/h10,13H,6-9H2,1-5H3. The number of nitrogens with zero attached hydrogens (tertiary/aromatic N) is 2. The van der Waals surface area contributed by atoms with Crippen molar-refractivity contribution in [3.63, 3.8) is 0 Å². The summed E-state index contributed by atoms with van der Waals surface area (Å²) in [5.74, 6) is 0.229. The first kappa shape index (κ1) is 13.5. The fraction of sp³-hybridized carbons (Fsp3) is 0.917. The van der Waals surface area contributed by atoms with Crippen LogP contribution in [0.4, 0.5) is 0 Å². The lowest BCUT2D eigenvalue weighted by Gasteiger charge is -2.30. The molecule has 1 fully saturated rings. The molecule has 0 bridgehead atoms. The molecule has 94 valence electrons. The van der Waals surface area contributed by atoms with Crippen molar-refractivity contribution in [1.29, 1.82) is 0 Å². The van der Waals surface area contributed by atoms with Crippen molar-refractivity contribution in [2.24, 2.45) is 5.41 Å². The second-order valence-electron chi connectivity index (χ2n) is 5.83. The van der Waals surface area contributed by atoms with Crippen LogP contribution in [0.3, 0.4) is 0 Å². The highest BCUT2D eigenvalue weighted by atomic mass is 16.2. The van der Waals surface area contributed by atoms with Crippen LogP contribution in [0.1, 0.15) is 20.8 Å². The Labute approximate surface area is 99.0 Å². The molecule has 0 spiro atoms. The summed E-state index contributed by atoms with van der Waals surface area (Å²) in [6.07, 6.45) is 0. The number of amides is 1. The zero-order valence-corrected chi connectivity index (χ0v) is 11.2. The molecule has 1 saturated heterocycles. The minimum absolute atomic E-state index is 0.0519. The Morgan fingerprint density at radius 3 is 2.69 bits per heavy atom. The molecular formula is C12H25N3O. The molecule has 1 aliphatic heterocycles. The van der Waals surface area contributed by atoms with Gasteiger partial charge in [0.1, 0.15) is 0 Å². The highest BCUT2D eigenvalue weighted by Gasteiger charge is 2.31. The molecule has 1 rings (SSSR count). The van der Waals surface area contributed by atoms with Crippen molar-refractivity contribution >= 4 is 5.91 Å². The number of hydrogen-bond acceptors (Lipinski definition) is 3.